The lowest BCUT2D eigenvalue weighted by Gasteiger charge is -2.18. The lowest BCUT2D eigenvalue weighted by atomic mass is 9.86. The summed E-state index contributed by atoms with van der Waals surface area (Å²) < 4.78 is 10.7. The molecule has 0 N–H and O–H groups in total. The summed E-state index contributed by atoms with van der Waals surface area (Å²) in [6.45, 7) is 2.49. The molecule has 0 saturated heterocycles. The van der Waals surface area contributed by atoms with Crippen molar-refractivity contribution in [2.45, 2.75) is 39.0 Å². The zero-order valence-electron chi connectivity index (χ0n) is 16.3. The zero-order valence-corrected chi connectivity index (χ0v) is 16.3. The monoisotopic (exact) mass is 374 g/mol. The molecule has 0 fully saturated rings. The van der Waals surface area contributed by atoms with E-state index >= 15 is 0 Å². The van der Waals surface area contributed by atoms with Crippen LogP contribution < -0.4 is 9.47 Å². The van der Waals surface area contributed by atoms with Gasteiger partial charge in [-0.15, -0.1) is 0 Å². The molecule has 0 spiro atoms. The topological polar surface area (TPSA) is 35.5 Å². The van der Waals surface area contributed by atoms with Gasteiger partial charge < -0.3 is 9.47 Å². The molecule has 1 aliphatic carbocycles. The average molecular weight is 374 g/mol. The van der Waals surface area contributed by atoms with Gasteiger partial charge in [-0.3, -0.25) is 4.79 Å². The van der Waals surface area contributed by atoms with Crippen LogP contribution in [0.1, 0.15) is 37.3 Å². The van der Waals surface area contributed by atoms with Crippen LogP contribution >= 0.6 is 0 Å². The molecule has 3 nitrogen and oxygen atoms in total. The van der Waals surface area contributed by atoms with E-state index in [4.69, 9.17) is 9.47 Å². The predicted octanol–water partition coefficient (Wildman–Crippen LogP) is 5.44. The summed E-state index contributed by atoms with van der Waals surface area (Å²) >= 11 is 0. The van der Waals surface area contributed by atoms with Crippen molar-refractivity contribution in [1.82, 2.24) is 0 Å². The number of ketones is 1. The van der Waals surface area contributed by atoms with Crippen LogP contribution in [0.5, 0.6) is 11.5 Å². The highest BCUT2D eigenvalue weighted by Gasteiger charge is 2.22. The van der Waals surface area contributed by atoms with Crippen molar-refractivity contribution >= 4 is 5.78 Å². The number of carbonyl (C=O) groups excluding carboxylic acids is 1. The van der Waals surface area contributed by atoms with Gasteiger partial charge in [0, 0.05) is 18.8 Å². The predicted molar refractivity (Wildman–Crippen MR) is 111 cm³/mol. The number of rotatable bonds is 8. The number of Topliss-reactive ketones (excluding diaryl/α,β-unsaturated/α-hetero) is 1. The molecule has 2 aliphatic rings. The fourth-order valence-electron chi connectivity index (χ4n) is 4.13. The molecule has 1 heterocycles. The molecule has 1 unspecified atom stereocenters. The minimum Gasteiger partial charge on any atom is -0.454 e. The van der Waals surface area contributed by atoms with E-state index in [0.717, 1.165) is 36.3 Å². The van der Waals surface area contributed by atoms with Gasteiger partial charge in [0.2, 0.25) is 6.79 Å². The maximum atomic E-state index is 12.5. The summed E-state index contributed by atoms with van der Waals surface area (Å²) in [4.78, 5) is 12.5. The number of ether oxygens (including phenoxy) is 2. The third kappa shape index (κ3) is 4.19. The second kappa shape index (κ2) is 8.47. The first kappa shape index (κ1) is 18.5. The van der Waals surface area contributed by atoms with E-state index in [9.17, 15) is 4.79 Å². The van der Waals surface area contributed by atoms with Crippen molar-refractivity contribution < 1.29 is 14.3 Å². The van der Waals surface area contributed by atoms with Gasteiger partial charge in [-0.1, -0.05) is 66.6 Å². The fraction of sp³-hybridized carbons (Fsp3) is 0.320. The first-order chi connectivity index (χ1) is 13.7. The van der Waals surface area contributed by atoms with Crippen LogP contribution in [0.4, 0.5) is 0 Å². The molecule has 2 aromatic rings. The first-order valence-electron chi connectivity index (χ1n) is 10.1. The molecule has 4 rings (SSSR count). The largest absolute Gasteiger partial charge is 0.454 e. The van der Waals surface area contributed by atoms with Crippen LogP contribution in [-0.2, 0) is 17.6 Å². The molecule has 0 amide bonds. The highest BCUT2D eigenvalue weighted by Crippen LogP contribution is 2.35. The Kier molecular flexibility index (Phi) is 5.61. The van der Waals surface area contributed by atoms with Gasteiger partial charge in [-0.25, -0.2) is 0 Å². The molecule has 0 saturated carbocycles. The van der Waals surface area contributed by atoms with Gasteiger partial charge in [0.05, 0.1) is 0 Å². The van der Waals surface area contributed by atoms with Crippen LogP contribution in [0.25, 0.3) is 0 Å². The number of fused-ring (bicyclic) bond motifs is 1. The van der Waals surface area contributed by atoms with Gasteiger partial charge in [0.15, 0.2) is 11.5 Å². The first-order valence-corrected chi connectivity index (χ1v) is 10.1. The van der Waals surface area contributed by atoms with Crippen LogP contribution in [0.3, 0.4) is 0 Å². The quantitative estimate of drug-likeness (QED) is 0.617. The molecule has 3 heteroatoms. The highest BCUT2D eigenvalue weighted by atomic mass is 16.7. The maximum Gasteiger partial charge on any atom is 0.231 e. The normalized spacial score (nSPS) is 17.4. The summed E-state index contributed by atoms with van der Waals surface area (Å²) in [7, 11) is 0. The Balaban J connectivity index is 1.30. The van der Waals surface area contributed by atoms with E-state index in [1.165, 1.54) is 16.7 Å². The summed E-state index contributed by atoms with van der Waals surface area (Å²) in [5, 5.41) is 0. The van der Waals surface area contributed by atoms with E-state index in [-0.39, 0.29) is 12.6 Å². The SMILES string of the molecule is CCC1C(CCC(=O)Cc2ccc3c(c2)OCO3)=CC=C1Cc1ccccc1. The van der Waals surface area contributed by atoms with Crippen molar-refractivity contribution in [2.24, 2.45) is 5.92 Å². The molecule has 0 bridgehead atoms. The van der Waals surface area contributed by atoms with Crippen molar-refractivity contribution in [3.05, 3.63) is 83.0 Å². The minimum atomic E-state index is 0.262. The van der Waals surface area contributed by atoms with Gasteiger partial charge >= 0.3 is 0 Å². The Morgan fingerprint density at radius 2 is 1.75 bits per heavy atom. The van der Waals surface area contributed by atoms with Gasteiger partial charge in [0.1, 0.15) is 5.78 Å². The second-order valence-electron chi connectivity index (χ2n) is 7.51. The summed E-state index contributed by atoms with van der Waals surface area (Å²) in [6.07, 6.45) is 8.45. The summed E-state index contributed by atoms with van der Waals surface area (Å²) in [6, 6.07) is 16.4. The number of benzene rings is 2. The average Bonchev–Trinajstić information content (AvgIpc) is 3.33. The van der Waals surface area contributed by atoms with E-state index < -0.39 is 0 Å². The van der Waals surface area contributed by atoms with Crippen molar-refractivity contribution in [2.75, 3.05) is 6.79 Å². The Morgan fingerprint density at radius 1 is 0.964 bits per heavy atom. The fourth-order valence-corrected chi connectivity index (χ4v) is 4.13. The van der Waals surface area contributed by atoms with Crippen molar-refractivity contribution in [3.8, 4) is 11.5 Å². The van der Waals surface area contributed by atoms with Crippen LogP contribution in [-0.4, -0.2) is 12.6 Å². The molecule has 2 aromatic carbocycles. The molecule has 0 aromatic heterocycles. The minimum absolute atomic E-state index is 0.262. The maximum absolute atomic E-state index is 12.5. The summed E-state index contributed by atoms with van der Waals surface area (Å²) in [5.74, 6) is 2.24. The van der Waals surface area contributed by atoms with Gasteiger partial charge in [-0.2, -0.15) is 0 Å². The second-order valence-corrected chi connectivity index (χ2v) is 7.51. The Bertz CT molecular complexity index is 909. The standard InChI is InChI=1S/C25H26O3/c1-2-23-20(9-10-21(23)14-18-6-4-3-5-7-18)11-12-22(26)15-19-8-13-24-25(16-19)28-17-27-24/h3-10,13,16,23H,2,11-12,14-15,17H2,1H3. The van der Waals surface area contributed by atoms with Gasteiger partial charge in [-0.05, 0) is 42.5 Å². The Labute approximate surface area is 166 Å². The third-order valence-corrected chi connectivity index (χ3v) is 5.60. The van der Waals surface area contributed by atoms with Gasteiger partial charge in [0.25, 0.3) is 0 Å². The molecular formula is C25H26O3. The van der Waals surface area contributed by atoms with Crippen molar-refractivity contribution in [3.63, 3.8) is 0 Å². The molecule has 144 valence electrons. The zero-order chi connectivity index (χ0) is 19.3. The Hall–Kier alpha value is -2.81. The molecule has 1 atom stereocenters. The van der Waals surface area contributed by atoms with Crippen LogP contribution in [0.15, 0.2) is 71.8 Å². The van der Waals surface area contributed by atoms with Crippen LogP contribution in [0.2, 0.25) is 0 Å². The number of hydrogen-bond donors (Lipinski definition) is 0. The lowest BCUT2D eigenvalue weighted by molar-refractivity contribution is -0.118. The smallest absolute Gasteiger partial charge is 0.231 e. The third-order valence-electron chi connectivity index (χ3n) is 5.60. The van der Waals surface area contributed by atoms with E-state index in [1.54, 1.807) is 0 Å². The molecule has 28 heavy (non-hydrogen) atoms. The van der Waals surface area contributed by atoms with E-state index in [2.05, 4.69) is 49.4 Å². The van der Waals surface area contributed by atoms with Crippen molar-refractivity contribution in [1.29, 1.82) is 0 Å². The van der Waals surface area contributed by atoms with Crippen LogP contribution in [0, 0.1) is 5.92 Å². The summed E-state index contributed by atoms with van der Waals surface area (Å²) in [5.41, 5.74) is 5.20. The molecular weight excluding hydrogens is 348 g/mol. The van der Waals surface area contributed by atoms with E-state index in [0.29, 0.717) is 18.8 Å². The lowest BCUT2D eigenvalue weighted by Crippen LogP contribution is -2.08. The molecule has 0 radical (unpaired) electrons. The number of allylic oxidation sites excluding steroid dienone is 4. The highest BCUT2D eigenvalue weighted by molar-refractivity contribution is 5.81. The Morgan fingerprint density at radius 3 is 2.57 bits per heavy atom. The number of carbonyl (C=O) groups is 1. The molecule has 1 aliphatic heterocycles. The van der Waals surface area contributed by atoms with E-state index in [1.807, 2.05) is 18.2 Å². The number of hydrogen-bond acceptors (Lipinski definition) is 3.